The van der Waals surface area contributed by atoms with E-state index in [0.717, 1.165) is 4.57 Å². The van der Waals surface area contributed by atoms with Gasteiger partial charge in [0, 0.05) is 12.6 Å². The van der Waals surface area contributed by atoms with Crippen LogP contribution in [0.2, 0.25) is 0 Å². The zero-order valence-electron chi connectivity index (χ0n) is 15.4. The molecular weight excluding hydrogens is 487 g/mol. The van der Waals surface area contributed by atoms with Gasteiger partial charge in [-0.15, -0.1) is 5.92 Å². The molecule has 0 aliphatic carbocycles. The van der Waals surface area contributed by atoms with Crippen LogP contribution in [0.3, 0.4) is 0 Å². The third-order valence-corrected chi connectivity index (χ3v) is 7.22. The molecule has 31 heavy (non-hydrogen) atoms. The third-order valence-electron chi connectivity index (χ3n) is 3.55. The highest BCUT2D eigenvalue weighted by Crippen LogP contribution is 2.60. The van der Waals surface area contributed by atoms with Gasteiger partial charge in [0.05, 0.1) is 26.1 Å². The smallest absolute Gasteiger partial charge is 0.351 e. The molecular formula is C12H14N3O13P3-4. The summed E-state index contributed by atoms with van der Waals surface area (Å²) in [4.78, 5) is 58.9. The zero-order valence-corrected chi connectivity index (χ0v) is 18.1. The molecule has 16 nitrogen and oxygen atoms in total. The molecule has 174 valence electrons. The number of ether oxygens (including phenoxy) is 1. The van der Waals surface area contributed by atoms with Crippen molar-refractivity contribution in [3.63, 3.8) is 0 Å². The van der Waals surface area contributed by atoms with E-state index >= 15 is 0 Å². The number of nitrogens with two attached hydrogens (primary N) is 1. The predicted molar refractivity (Wildman–Crippen MR) is 90.9 cm³/mol. The van der Waals surface area contributed by atoms with Crippen molar-refractivity contribution in [1.82, 2.24) is 9.55 Å². The molecule has 2 rings (SSSR count). The lowest BCUT2D eigenvalue weighted by Crippen LogP contribution is -2.29. The largest absolute Gasteiger partial charge is 0.790 e. The Morgan fingerprint density at radius 3 is 2.52 bits per heavy atom. The minimum absolute atomic E-state index is 0.136. The fourth-order valence-corrected chi connectivity index (χ4v) is 5.27. The van der Waals surface area contributed by atoms with E-state index in [1.54, 1.807) is 0 Å². The maximum Gasteiger partial charge on any atom is 0.351 e. The molecule has 1 aliphatic heterocycles. The van der Waals surface area contributed by atoms with E-state index in [1.165, 1.54) is 13.1 Å². The van der Waals surface area contributed by atoms with Gasteiger partial charge >= 0.3 is 5.69 Å². The van der Waals surface area contributed by atoms with Crippen LogP contribution in [0.5, 0.6) is 0 Å². The monoisotopic (exact) mass is 501 g/mol. The van der Waals surface area contributed by atoms with Crippen molar-refractivity contribution < 1.29 is 56.3 Å². The number of aromatic nitrogens is 2. The van der Waals surface area contributed by atoms with Crippen molar-refractivity contribution in [3.05, 3.63) is 22.2 Å². The third kappa shape index (κ3) is 7.58. The van der Waals surface area contributed by atoms with Gasteiger partial charge in [0.2, 0.25) is 0 Å². The Balaban J connectivity index is 2.07. The average Bonchev–Trinajstić information content (AvgIpc) is 2.93. The topological polar surface area (TPSA) is 262 Å². The molecule has 5 atom stereocenters. The number of hydrogen-bond donors (Lipinski definition) is 2. The van der Waals surface area contributed by atoms with Crippen LogP contribution in [0.1, 0.15) is 25.1 Å². The second-order valence-corrected chi connectivity index (χ2v) is 10.1. The Morgan fingerprint density at radius 2 is 1.94 bits per heavy atom. The normalized spacial score (nSPS) is 25.3. The van der Waals surface area contributed by atoms with Crippen molar-refractivity contribution in [1.29, 1.82) is 0 Å². The van der Waals surface area contributed by atoms with Crippen molar-refractivity contribution in [3.8, 4) is 11.8 Å². The van der Waals surface area contributed by atoms with Crippen molar-refractivity contribution in [2.24, 2.45) is 0 Å². The number of nitrogens with zero attached hydrogens (tertiary/aromatic N) is 2. The Bertz CT molecular complexity index is 1090. The van der Waals surface area contributed by atoms with Crippen LogP contribution in [0.4, 0.5) is 5.82 Å². The van der Waals surface area contributed by atoms with Gasteiger partial charge in [0.25, 0.3) is 15.6 Å². The highest BCUT2D eigenvalue weighted by molar-refractivity contribution is 7.64. The summed E-state index contributed by atoms with van der Waals surface area (Å²) < 4.78 is 49.9. The molecule has 1 aliphatic rings. The summed E-state index contributed by atoms with van der Waals surface area (Å²) in [5.41, 5.74) is 4.93. The van der Waals surface area contributed by atoms with E-state index < -0.39 is 54.2 Å². The van der Waals surface area contributed by atoms with Gasteiger partial charge < -0.3 is 44.2 Å². The number of phosphoric ester groups is 1. The van der Waals surface area contributed by atoms with E-state index in [1.807, 2.05) is 0 Å². The molecule has 3 N–H and O–H groups in total. The Kier molecular flexibility index (Phi) is 8.00. The number of anilines is 1. The predicted octanol–water partition coefficient (Wildman–Crippen LogP) is -3.34. The van der Waals surface area contributed by atoms with E-state index in [0.29, 0.717) is 0 Å². The number of rotatable bonds is 8. The summed E-state index contributed by atoms with van der Waals surface area (Å²) in [7, 11) is -18.0. The van der Waals surface area contributed by atoms with Crippen LogP contribution in [0, 0.1) is 11.8 Å². The van der Waals surface area contributed by atoms with E-state index in [2.05, 4.69) is 30.0 Å². The number of hydrogen-bond acceptors (Lipinski definition) is 15. The first kappa shape index (κ1) is 25.8. The standard InChI is InChI=1S/C12H18N3O13P3/c1-2-3-7-5-15(12(17)14-11(7)13)10-4-8(16)9(26-10)6-25-30(21,22)28-31(23,24)27-29(18,19)20/h5,8-10,16H,4,6H2,1H3,(H,21,22)(H,23,24)(H2,13,14,17)(H2,18,19,20)/p-4. The van der Waals surface area contributed by atoms with Gasteiger partial charge in [-0.25, -0.2) is 9.11 Å². The van der Waals surface area contributed by atoms with Gasteiger partial charge in [-0.1, -0.05) is 5.92 Å². The molecule has 1 fully saturated rings. The van der Waals surface area contributed by atoms with Gasteiger partial charge in [-0.05, 0) is 6.92 Å². The lowest BCUT2D eigenvalue weighted by molar-refractivity contribution is -0.339. The maximum atomic E-state index is 12.0. The molecule has 19 heteroatoms. The van der Waals surface area contributed by atoms with Crippen molar-refractivity contribution in [2.45, 2.75) is 31.8 Å². The Hall–Kier alpha value is -1.43. The summed E-state index contributed by atoms with van der Waals surface area (Å²) in [6.07, 6.45) is -2.90. The fraction of sp³-hybridized carbons (Fsp3) is 0.500. The molecule has 0 saturated carbocycles. The molecule has 0 radical (unpaired) electrons. The number of aliphatic hydroxyl groups is 1. The molecule has 0 amide bonds. The lowest BCUT2D eigenvalue weighted by atomic mass is 10.2. The second kappa shape index (κ2) is 9.60. The highest BCUT2D eigenvalue weighted by atomic mass is 31.3. The quantitative estimate of drug-likeness (QED) is 0.260. The molecule has 1 aromatic heterocycles. The summed E-state index contributed by atoms with van der Waals surface area (Å²) in [6.45, 7) is 0.518. The molecule has 0 spiro atoms. The number of aliphatic hydroxyl groups excluding tert-OH is 1. The van der Waals surface area contributed by atoms with Gasteiger partial charge in [-0.3, -0.25) is 18.0 Å². The van der Waals surface area contributed by atoms with Crippen LogP contribution in [0.25, 0.3) is 0 Å². The van der Waals surface area contributed by atoms with Crippen LogP contribution in [-0.4, -0.2) is 33.5 Å². The molecule has 0 aromatic carbocycles. The van der Waals surface area contributed by atoms with Gasteiger partial charge in [0.1, 0.15) is 18.1 Å². The minimum Gasteiger partial charge on any atom is -0.790 e. The summed E-state index contributed by atoms with van der Waals surface area (Å²) in [5, 5.41) is 10.0. The fourth-order valence-electron chi connectivity index (χ4n) is 2.40. The van der Waals surface area contributed by atoms with Crippen LogP contribution < -0.4 is 31.0 Å². The first-order chi connectivity index (χ1) is 14.1. The zero-order chi connectivity index (χ0) is 23.6. The Labute approximate surface area is 174 Å². The number of phosphoric acid groups is 3. The minimum atomic E-state index is -6.12. The van der Waals surface area contributed by atoms with E-state index in [-0.39, 0.29) is 17.8 Å². The molecule has 1 saturated heterocycles. The lowest BCUT2D eigenvalue weighted by Gasteiger charge is -2.37. The molecule has 2 heterocycles. The van der Waals surface area contributed by atoms with Crippen molar-refractivity contribution in [2.75, 3.05) is 12.3 Å². The van der Waals surface area contributed by atoms with E-state index in [9.17, 15) is 43.2 Å². The first-order valence-electron chi connectivity index (χ1n) is 7.99. The summed E-state index contributed by atoms with van der Waals surface area (Å²) in [6, 6.07) is 0. The highest BCUT2D eigenvalue weighted by Gasteiger charge is 2.37. The molecule has 0 bridgehead atoms. The van der Waals surface area contributed by atoms with Gasteiger partial charge in [0.15, 0.2) is 0 Å². The average molecular weight is 501 g/mol. The summed E-state index contributed by atoms with van der Waals surface area (Å²) in [5.74, 6) is 5.03. The van der Waals surface area contributed by atoms with Crippen molar-refractivity contribution >= 4 is 29.3 Å². The van der Waals surface area contributed by atoms with Crippen LogP contribution in [-0.2, 0) is 31.6 Å². The number of nitrogen functional groups attached to an aromatic ring is 1. The first-order valence-corrected chi connectivity index (χ1v) is 12.4. The van der Waals surface area contributed by atoms with E-state index in [4.69, 9.17) is 10.5 Å². The van der Waals surface area contributed by atoms with Crippen LogP contribution in [0.15, 0.2) is 11.0 Å². The maximum absolute atomic E-state index is 12.0. The SMILES string of the molecule is CC#Cc1cn(C2CC(O)C(COP(=O)([O-])OP(=O)([O-])OP(=O)([O-])[O-])O2)c(=O)nc1N. The van der Waals surface area contributed by atoms with Crippen LogP contribution >= 0.6 is 23.5 Å². The molecule has 5 unspecified atom stereocenters. The summed E-state index contributed by atoms with van der Waals surface area (Å²) >= 11 is 0. The van der Waals surface area contributed by atoms with Gasteiger partial charge in [-0.2, -0.15) is 4.98 Å². The molecule has 1 aromatic rings. The Morgan fingerprint density at radius 1 is 1.29 bits per heavy atom. The second-order valence-electron chi connectivity index (χ2n) is 5.84.